The molecule has 1 heterocycles. The van der Waals surface area contributed by atoms with Gasteiger partial charge < -0.3 is 9.98 Å². The Bertz CT molecular complexity index is 182. The maximum atomic E-state index is 4.12. The maximum absolute atomic E-state index is 4.12. The van der Waals surface area contributed by atoms with E-state index in [1.165, 1.54) is 0 Å². The van der Waals surface area contributed by atoms with Crippen LogP contribution in [0.5, 0.6) is 0 Å². The second kappa shape index (κ2) is 5.41. The molecule has 0 bridgehead atoms. The number of hydrogen-bond acceptors (Lipinski definition) is 2. The Morgan fingerprint density at radius 2 is 2.20 bits per heavy atom. The van der Waals surface area contributed by atoms with Gasteiger partial charge in [0.25, 0.3) is 0 Å². The van der Waals surface area contributed by atoms with E-state index in [2.05, 4.69) is 9.98 Å². The molecule has 48 valence electrons. The van der Waals surface area contributed by atoms with Crippen molar-refractivity contribution in [3.63, 3.8) is 0 Å². The minimum absolute atomic E-state index is 0. The van der Waals surface area contributed by atoms with E-state index in [4.69, 9.17) is 0 Å². The average Bonchev–Trinajstić information content (AvgIpc) is 1.93. The van der Waals surface area contributed by atoms with Gasteiger partial charge in [0.2, 0.25) is 0 Å². The zero-order chi connectivity index (χ0) is 6.69. The molecule has 0 saturated heterocycles. The van der Waals surface area contributed by atoms with Crippen molar-refractivity contribution in [2.75, 3.05) is 0 Å². The third-order valence-electron chi connectivity index (χ3n) is 1.02. The van der Waals surface area contributed by atoms with Crippen LogP contribution in [0.3, 0.4) is 0 Å². The third kappa shape index (κ3) is 3.81. The number of amidine groups is 1. The van der Waals surface area contributed by atoms with Gasteiger partial charge in [0.05, 0.1) is 0 Å². The summed E-state index contributed by atoms with van der Waals surface area (Å²) in [7, 11) is 0. The Balaban J connectivity index is 0.000000810. The molecule has 0 aromatic carbocycles. The molecule has 3 heteroatoms. The quantitative estimate of drug-likeness (QED) is 0.436. The van der Waals surface area contributed by atoms with Gasteiger partial charge in [-0.1, -0.05) is 19.9 Å². The van der Waals surface area contributed by atoms with Gasteiger partial charge >= 0.3 is 58.2 Å². The zero-order valence-corrected chi connectivity index (χ0v) is 11.5. The van der Waals surface area contributed by atoms with Crippen LogP contribution in [0.15, 0.2) is 22.1 Å². The molecule has 0 unspecified atom stereocenters. The van der Waals surface area contributed by atoms with Gasteiger partial charge in [0.1, 0.15) is 0 Å². The molecule has 0 saturated carbocycles. The number of allylic oxidation sites excluding steroid dienone is 1. The summed E-state index contributed by atoms with van der Waals surface area (Å²) in [6, 6.07) is 1.00. The zero-order valence-electron chi connectivity index (χ0n) is 6.63. The summed E-state index contributed by atoms with van der Waals surface area (Å²) >= 11 is 0. The van der Waals surface area contributed by atoms with E-state index >= 15 is 0 Å². The smallest absolute Gasteiger partial charge is 0.366 e. The summed E-state index contributed by atoms with van der Waals surface area (Å²) in [5.74, 6) is 0.817. The van der Waals surface area contributed by atoms with Gasteiger partial charge in [0.15, 0.2) is 0 Å². The second-order valence-electron chi connectivity index (χ2n) is 1.94. The number of hydrogen-bond donors (Lipinski definition) is 0. The summed E-state index contributed by atoms with van der Waals surface area (Å²) in [5.41, 5.74) is 0. The van der Waals surface area contributed by atoms with E-state index in [0.717, 1.165) is 11.9 Å². The molecule has 0 fully saturated rings. The standard InChI is InChI=1S/C7H9N2.Rb/c1-6-4-3-5-8-7(2)9-6;/h3-5H,1-2H3;/q-1;+1. The molecule has 0 aromatic rings. The molecule has 1 aliphatic rings. The van der Waals surface area contributed by atoms with Gasteiger partial charge in [-0.25, -0.2) is 0 Å². The van der Waals surface area contributed by atoms with Gasteiger partial charge in [-0.15, -0.1) is 12.2 Å². The fourth-order valence-corrected chi connectivity index (χ4v) is 0.655. The first-order valence-electron chi connectivity index (χ1n) is 2.88. The monoisotopic (exact) mass is 206 g/mol. The molecule has 0 amide bonds. The molecule has 0 radical (unpaired) electrons. The predicted molar refractivity (Wildman–Crippen MR) is 39.7 cm³/mol. The topological polar surface area (TPSA) is 24.7 Å². The molecular weight excluding hydrogens is 198 g/mol. The molecule has 1 aliphatic heterocycles. The van der Waals surface area contributed by atoms with Crippen LogP contribution in [0, 0.1) is 6.04 Å². The molecular formula is C7H9N2Rb. The van der Waals surface area contributed by atoms with Crippen molar-refractivity contribution in [1.82, 2.24) is 0 Å². The first-order chi connectivity index (χ1) is 4.29. The minimum atomic E-state index is 0. The molecule has 0 N–H and O–H groups in total. The first-order valence-corrected chi connectivity index (χ1v) is 2.88. The van der Waals surface area contributed by atoms with Gasteiger partial charge in [-0.2, -0.15) is 0 Å². The third-order valence-corrected chi connectivity index (χ3v) is 1.02. The van der Waals surface area contributed by atoms with Crippen molar-refractivity contribution in [3.05, 3.63) is 18.2 Å². The van der Waals surface area contributed by atoms with Crippen LogP contribution in [0.1, 0.15) is 13.8 Å². The van der Waals surface area contributed by atoms with Gasteiger partial charge in [-0.05, 0) is 6.21 Å². The van der Waals surface area contributed by atoms with Crippen LogP contribution in [0.2, 0.25) is 0 Å². The summed E-state index contributed by atoms with van der Waals surface area (Å²) in [4.78, 5) is 8.12. The minimum Gasteiger partial charge on any atom is -0.366 e. The molecule has 0 atom stereocenters. The fraction of sp³-hybridized carbons (Fsp3) is 0.286. The average molecular weight is 207 g/mol. The SMILES string of the molecule is CC1=N[C-](C)C=CC=N1.[Rb+]. The molecule has 10 heavy (non-hydrogen) atoms. The Morgan fingerprint density at radius 1 is 1.50 bits per heavy atom. The first kappa shape index (κ1) is 10.8. The van der Waals surface area contributed by atoms with Gasteiger partial charge in [0, 0.05) is 5.84 Å². The van der Waals surface area contributed by atoms with Crippen LogP contribution in [0.4, 0.5) is 0 Å². The van der Waals surface area contributed by atoms with E-state index in [1.807, 2.05) is 26.0 Å². The van der Waals surface area contributed by atoms with Crippen molar-refractivity contribution in [3.8, 4) is 0 Å². The van der Waals surface area contributed by atoms with Crippen molar-refractivity contribution < 1.29 is 58.2 Å². The van der Waals surface area contributed by atoms with E-state index in [0.29, 0.717) is 0 Å². The Hall–Kier alpha value is 0.755. The molecule has 1 rings (SSSR count). The second-order valence-corrected chi connectivity index (χ2v) is 1.94. The molecule has 0 aliphatic carbocycles. The molecule has 2 nitrogen and oxygen atoms in total. The van der Waals surface area contributed by atoms with E-state index in [-0.39, 0.29) is 58.2 Å². The number of nitrogens with zero attached hydrogens (tertiary/aromatic N) is 2. The van der Waals surface area contributed by atoms with Crippen LogP contribution < -0.4 is 58.2 Å². The summed E-state index contributed by atoms with van der Waals surface area (Å²) in [6.07, 6.45) is 5.56. The summed E-state index contributed by atoms with van der Waals surface area (Å²) in [6.45, 7) is 3.84. The maximum Gasteiger partial charge on any atom is 1.00 e. The number of rotatable bonds is 0. The van der Waals surface area contributed by atoms with Crippen molar-refractivity contribution in [2.45, 2.75) is 13.8 Å². The largest absolute Gasteiger partial charge is 1.00 e. The normalized spacial score (nSPS) is 15.8. The van der Waals surface area contributed by atoms with E-state index < -0.39 is 0 Å². The fourth-order valence-electron chi connectivity index (χ4n) is 0.655. The van der Waals surface area contributed by atoms with E-state index in [9.17, 15) is 0 Å². The van der Waals surface area contributed by atoms with Crippen LogP contribution >= 0.6 is 0 Å². The van der Waals surface area contributed by atoms with Crippen LogP contribution in [-0.4, -0.2) is 12.1 Å². The van der Waals surface area contributed by atoms with Crippen LogP contribution in [0.25, 0.3) is 0 Å². The molecule has 0 spiro atoms. The van der Waals surface area contributed by atoms with Crippen molar-refractivity contribution >= 4 is 12.1 Å². The Morgan fingerprint density at radius 3 is 2.90 bits per heavy atom. The van der Waals surface area contributed by atoms with Crippen LogP contribution in [-0.2, 0) is 0 Å². The van der Waals surface area contributed by atoms with Gasteiger partial charge in [-0.3, -0.25) is 0 Å². The molecule has 0 aromatic heterocycles. The van der Waals surface area contributed by atoms with Crippen molar-refractivity contribution in [2.24, 2.45) is 9.98 Å². The Kier molecular flexibility index (Phi) is 5.82. The van der Waals surface area contributed by atoms with E-state index in [1.54, 1.807) is 6.21 Å². The van der Waals surface area contributed by atoms with Crippen molar-refractivity contribution in [1.29, 1.82) is 0 Å². The Labute approximate surface area is 110 Å². The summed E-state index contributed by atoms with van der Waals surface area (Å²) in [5, 5.41) is 0. The number of aliphatic imine (C=N–C) groups is 2. The summed E-state index contributed by atoms with van der Waals surface area (Å²) < 4.78 is 0. The predicted octanol–water partition coefficient (Wildman–Crippen LogP) is -1.40.